The fraction of sp³-hybridized carbons (Fsp3) is 0.400. The molecule has 2 aromatic carbocycles. The predicted octanol–water partition coefficient (Wildman–Crippen LogP) is 1.86. The summed E-state index contributed by atoms with van der Waals surface area (Å²) in [5.74, 6) is -0.566. The molecule has 5 rings (SSSR count). The molecule has 3 amide bonds. The average Bonchev–Trinajstić information content (AvgIpc) is 3.16. The van der Waals surface area contributed by atoms with Gasteiger partial charge in [-0.3, -0.25) is 24.6 Å². The molecule has 1 unspecified atom stereocenters. The fourth-order valence-corrected chi connectivity index (χ4v) is 4.48. The maximum Gasteiger partial charge on any atom is 0.255 e. The molecule has 3 heterocycles. The lowest BCUT2D eigenvalue weighted by atomic mass is 10.0. The van der Waals surface area contributed by atoms with Gasteiger partial charge < -0.3 is 14.4 Å². The summed E-state index contributed by atoms with van der Waals surface area (Å²) in [6, 6.07) is 8.51. The van der Waals surface area contributed by atoms with E-state index in [1.165, 1.54) is 4.90 Å². The lowest BCUT2D eigenvalue weighted by Gasteiger charge is -2.29. The Morgan fingerprint density at radius 2 is 1.88 bits per heavy atom. The van der Waals surface area contributed by atoms with E-state index in [4.69, 9.17) is 12.2 Å². The van der Waals surface area contributed by atoms with E-state index in [9.17, 15) is 14.4 Å². The number of amides is 3. The molecule has 8 heteroatoms. The first-order valence-electron chi connectivity index (χ1n) is 12.2. The molecule has 0 radical (unpaired) electrons. The number of fused-ring (bicyclic) bond motifs is 1. The van der Waals surface area contributed by atoms with Gasteiger partial charge in [0.2, 0.25) is 11.8 Å². The van der Waals surface area contributed by atoms with Gasteiger partial charge in [-0.2, -0.15) is 0 Å². The van der Waals surface area contributed by atoms with Gasteiger partial charge in [0.25, 0.3) is 5.91 Å². The first-order chi connectivity index (χ1) is 16.9. The number of hydrogen-bond donors (Lipinski definition) is 1. The van der Waals surface area contributed by atoms with E-state index in [1.807, 2.05) is 0 Å². The third kappa shape index (κ3) is 4.62. The van der Waals surface area contributed by atoms with Crippen molar-refractivity contribution in [2.24, 2.45) is 0 Å². The topological polar surface area (TPSA) is 88.2 Å². The van der Waals surface area contributed by atoms with E-state index in [2.05, 4.69) is 10.2 Å². The Morgan fingerprint density at radius 3 is 2.64 bits per heavy atom. The number of carbonyl (C=O) groups excluding carboxylic acids is 3. The first-order valence-corrected chi connectivity index (χ1v) is 11.2. The number of imide groups is 1. The van der Waals surface area contributed by atoms with Gasteiger partial charge in [0.1, 0.15) is 18.4 Å². The molecule has 2 saturated heterocycles. The SMILES string of the molecule is [2H]c1cc(CN2CCOCC2)cc([2H])c1COc1cccc2c1CN(C1CCC(=O)NC1=O)C2=O. The summed E-state index contributed by atoms with van der Waals surface area (Å²) in [5, 5.41) is 2.30. The number of nitrogens with one attached hydrogen (secondary N) is 1. The lowest BCUT2D eigenvalue weighted by molar-refractivity contribution is -0.136. The van der Waals surface area contributed by atoms with E-state index >= 15 is 0 Å². The van der Waals surface area contributed by atoms with E-state index in [1.54, 1.807) is 30.3 Å². The predicted molar refractivity (Wildman–Crippen MR) is 119 cm³/mol. The number of piperidine rings is 1. The number of hydrogen-bond acceptors (Lipinski definition) is 6. The minimum atomic E-state index is -0.695. The molecule has 3 aliphatic heterocycles. The van der Waals surface area contributed by atoms with Gasteiger partial charge in [-0.05, 0) is 29.7 Å². The normalized spacial score (nSPS) is 22.0. The van der Waals surface area contributed by atoms with Crippen LogP contribution in [0.3, 0.4) is 0 Å². The molecule has 0 aliphatic carbocycles. The van der Waals surface area contributed by atoms with Crippen LogP contribution in [0.25, 0.3) is 0 Å². The van der Waals surface area contributed by atoms with Crippen molar-refractivity contribution in [3.05, 3.63) is 64.7 Å². The molecule has 1 atom stereocenters. The van der Waals surface area contributed by atoms with Gasteiger partial charge >= 0.3 is 0 Å². The quantitative estimate of drug-likeness (QED) is 0.675. The van der Waals surface area contributed by atoms with Gasteiger partial charge in [0.05, 0.1) is 22.5 Å². The van der Waals surface area contributed by atoms with Crippen LogP contribution >= 0.6 is 0 Å². The number of nitrogens with zero attached hydrogens (tertiary/aromatic N) is 2. The van der Waals surface area contributed by atoms with Crippen molar-refractivity contribution in [1.82, 2.24) is 15.1 Å². The zero-order valence-electron chi connectivity index (χ0n) is 20.3. The smallest absolute Gasteiger partial charge is 0.255 e. The van der Waals surface area contributed by atoms with Crippen LogP contribution in [0.15, 0.2) is 42.4 Å². The Bertz CT molecular complexity index is 1160. The van der Waals surface area contributed by atoms with Crippen LogP contribution in [0.1, 0.15) is 42.6 Å². The van der Waals surface area contributed by atoms with Crippen molar-refractivity contribution in [2.45, 2.75) is 38.6 Å². The zero-order chi connectivity index (χ0) is 24.5. The minimum Gasteiger partial charge on any atom is -0.489 e. The molecule has 0 saturated carbocycles. The van der Waals surface area contributed by atoms with Crippen LogP contribution in [0.2, 0.25) is 0 Å². The number of rotatable bonds is 6. The third-order valence-corrected chi connectivity index (χ3v) is 6.28. The highest BCUT2D eigenvalue weighted by Gasteiger charge is 2.40. The van der Waals surface area contributed by atoms with Crippen LogP contribution in [-0.2, 0) is 34.0 Å². The van der Waals surface area contributed by atoms with E-state index in [-0.39, 0.29) is 43.5 Å². The Labute approximate surface area is 195 Å². The number of morpholine rings is 1. The van der Waals surface area contributed by atoms with Crippen molar-refractivity contribution >= 4 is 17.7 Å². The van der Waals surface area contributed by atoms with Crippen molar-refractivity contribution in [1.29, 1.82) is 0 Å². The molecule has 172 valence electrons. The lowest BCUT2D eigenvalue weighted by Crippen LogP contribution is -2.52. The highest BCUT2D eigenvalue weighted by molar-refractivity contribution is 6.05. The summed E-state index contributed by atoms with van der Waals surface area (Å²) in [6.07, 6.45) is 0.488. The second kappa shape index (κ2) is 9.33. The van der Waals surface area contributed by atoms with Crippen LogP contribution in [0.5, 0.6) is 5.75 Å². The molecule has 3 aliphatic rings. The molecular formula is C25H27N3O5. The van der Waals surface area contributed by atoms with Gasteiger partial charge in [0, 0.05) is 37.2 Å². The first kappa shape index (κ1) is 19.3. The fourth-order valence-electron chi connectivity index (χ4n) is 4.48. The Hall–Kier alpha value is -3.23. The van der Waals surface area contributed by atoms with E-state index < -0.39 is 11.9 Å². The summed E-state index contributed by atoms with van der Waals surface area (Å²) in [7, 11) is 0. The molecule has 2 aromatic rings. The Balaban J connectivity index is 1.29. The van der Waals surface area contributed by atoms with Crippen LogP contribution in [0, 0.1) is 0 Å². The van der Waals surface area contributed by atoms with Gasteiger partial charge in [-0.15, -0.1) is 0 Å². The van der Waals surface area contributed by atoms with Gasteiger partial charge in [0.15, 0.2) is 0 Å². The standard InChI is InChI=1S/C25H27N3O5/c29-23-9-8-21(24(30)26-23)28-15-20-19(25(28)31)2-1-3-22(20)33-16-18-6-4-17(5-7-18)14-27-10-12-32-13-11-27/h1-7,21H,8-16H2,(H,26,29,30)/i6D,7D. The van der Waals surface area contributed by atoms with Gasteiger partial charge in [-0.1, -0.05) is 30.3 Å². The minimum absolute atomic E-state index is 0.0264. The third-order valence-electron chi connectivity index (χ3n) is 6.28. The summed E-state index contributed by atoms with van der Waals surface area (Å²) in [5.41, 5.74) is 2.52. The van der Waals surface area contributed by atoms with E-state index in [0.717, 1.165) is 18.7 Å². The molecule has 0 bridgehead atoms. The summed E-state index contributed by atoms with van der Waals surface area (Å²) >= 11 is 0. The molecule has 0 spiro atoms. The van der Waals surface area contributed by atoms with Gasteiger partial charge in [-0.25, -0.2) is 0 Å². The highest BCUT2D eigenvalue weighted by atomic mass is 16.5. The summed E-state index contributed by atoms with van der Waals surface area (Å²) in [4.78, 5) is 40.5. The summed E-state index contributed by atoms with van der Waals surface area (Å²) in [6.45, 7) is 3.96. The van der Waals surface area contributed by atoms with Crippen molar-refractivity contribution in [3.63, 3.8) is 0 Å². The maximum absolute atomic E-state index is 13.0. The van der Waals surface area contributed by atoms with Crippen LogP contribution in [-0.4, -0.2) is 59.9 Å². The number of ether oxygens (including phenoxy) is 2. The Kier molecular flexibility index (Phi) is 5.44. The molecule has 0 aromatic heterocycles. The molecular weight excluding hydrogens is 422 g/mol. The highest BCUT2D eigenvalue weighted by Crippen LogP contribution is 2.34. The van der Waals surface area contributed by atoms with Crippen molar-refractivity contribution < 1.29 is 26.6 Å². The second-order valence-electron chi connectivity index (χ2n) is 8.49. The Morgan fingerprint density at radius 1 is 1.09 bits per heavy atom. The van der Waals surface area contributed by atoms with Crippen molar-refractivity contribution in [3.8, 4) is 5.75 Å². The molecule has 33 heavy (non-hydrogen) atoms. The van der Waals surface area contributed by atoms with E-state index in [0.29, 0.717) is 48.6 Å². The summed E-state index contributed by atoms with van der Waals surface area (Å²) < 4.78 is 28.3. The second-order valence-corrected chi connectivity index (χ2v) is 8.49. The van der Waals surface area contributed by atoms with Crippen LogP contribution in [0.4, 0.5) is 0 Å². The molecule has 8 nitrogen and oxygen atoms in total. The monoisotopic (exact) mass is 451 g/mol. The number of carbonyl (C=O) groups is 3. The zero-order valence-corrected chi connectivity index (χ0v) is 18.3. The molecule has 2 fully saturated rings. The average molecular weight is 452 g/mol. The number of benzene rings is 2. The largest absolute Gasteiger partial charge is 0.489 e. The van der Waals surface area contributed by atoms with Crippen molar-refractivity contribution in [2.75, 3.05) is 26.3 Å². The molecule has 1 N–H and O–H groups in total. The maximum atomic E-state index is 13.0. The van der Waals surface area contributed by atoms with Crippen LogP contribution < -0.4 is 10.1 Å².